The maximum absolute atomic E-state index is 5.54. The third kappa shape index (κ3) is 4.82. The largest absolute Gasteiger partial charge is 0.380 e. The van der Waals surface area contributed by atoms with Crippen molar-refractivity contribution in [2.75, 3.05) is 32.1 Å². The summed E-state index contributed by atoms with van der Waals surface area (Å²) in [7, 11) is 1.85. The van der Waals surface area contributed by atoms with Crippen molar-refractivity contribution in [3.63, 3.8) is 0 Å². The molecule has 3 heteroatoms. The number of piperidine rings is 1. The molecule has 0 N–H and O–H groups in total. The van der Waals surface area contributed by atoms with E-state index in [1.54, 1.807) is 0 Å². The number of hydrogen-bond acceptors (Lipinski definition) is 2. The van der Waals surface area contributed by atoms with Crippen LogP contribution in [0.1, 0.15) is 52.4 Å². The van der Waals surface area contributed by atoms with Crippen LogP contribution in [0.4, 0.5) is 0 Å². The molecule has 1 heterocycles. The molecule has 18 heavy (non-hydrogen) atoms. The van der Waals surface area contributed by atoms with Crippen molar-refractivity contribution in [3.05, 3.63) is 0 Å². The van der Waals surface area contributed by atoms with Gasteiger partial charge in [0.2, 0.25) is 0 Å². The second-order valence-electron chi connectivity index (χ2n) is 5.87. The van der Waals surface area contributed by atoms with Gasteiger partial charge in [-0.3, -0.25) is 0 Å². The zero-order valence-corrected chi connectivity index (χ0v) is 14.0. The molecule has 1 atom stereocenters. The molecule has 1 aliphatic heterocycles. The van der Waals surface area contributed by atoms with E-state index in [4.69, 9.17) is 4.74 Å². The van der Waals surface area contributed by atoms with Gasteiger partial charge in [-0.2, -0.15) is 0 Å². The van der Waals surface area contributed by atoms with Gasteiger partial charge in [0.05, 0.1) is 6.10 Å². The Balaban J connectivity index is 2.58. The van der Waals surface area contributed by atoms with Crippen LogP contribution in [0.15, 0.2) is 0 Å². The van der Waals surface area contributed by atoms with Gasteiger partial charge in [0.1, 0.15) is 0 Å². The minimum Gasteiger partial charge on any atom is -0.380 e. The summed E-state index contributed by atoms with van der Waals surface area (Å²) >= 11 is 3.78. The van der Waals surface area contributed by atoms with Gasteiger partial charge in [-0.25, -0.2) is 0 Å². The summed E-state index contributed by atoms with van der Waals surface area (Å²) in [5.74, 6) is 0. The number of alkyl halides is 1. The highest BCUT2D eigenvalue weighted by molar-refractivity contribution is 9.09. The van der Waals surface area contributed by atoms with Crippen LogP contribution in [-0.4, -0.2) is 43.1 Å². The highest BCUT2D eigenvalue weighted by Gasteiger charge is 2.31. The van der Waals surface area contributed by atoms with Gasteiger partial charge in [0, 0.05) is 25.5 Å². The minimum absolute atomic E-state index is 0.454. The standard InChI is InChI=1S/C15H30BrNO/c1-4-8-15(12-16,9-5-2)13-17-10-6-7-14(11-17)18-3/h14H,4-13H2,1-3H3. The van der Waals surface area contributed by atoms with Gasteiger partial charge >= 0.3 is 0 Å². The normalized spacial score (nSPS) is 22.3. The number of likely N-dealkylation sites (tertiary alicyclic amines) is 1. The summed E-state index contributed by atoms with van der Waals surface area (Å²) in [4.78, 5) is 2.63. The van der Waals surface area contributed by atoms with E-state index in [9.17, 15) is 0 Å². The number of hydrogen-bond donors (Lipinski definition) is 0. The molecule has 0 saturated carbocycles. The van der Waals surface area contributed by atoms with Crippen molar-refractivity contribution in [2.45, 2.75) is 58.5 Å². The molecular weight excluding hydrogens is 290 g/mol. The van der Waals surface area contributed by atoms with Gasteiger partial charge in [-0.1, -0.05) is 42.6 Å². The molecule has 2 nitrogen and oxygen atoms in total. The molecule has 1 aliphatic rings. The Labute approximate surface area is 122 Å². The average molecular weight is 320 g/mol. The van der Waals surface area contributed by atoms with Crippen molar-refractivity contribution in [2.24, 2.45) is 5.41 Å². The van der Waals surface area contributed by atoms with Crippen LogP contribution in [0.5, 0.6) is 0 Å². The average Bonchev–Trinajstić information content (AvgIpc) is 2.39. The smallest absolute Gasteiger partial charge is 0.0698 e. The summed E-state index contributed by atoms with van der Waals surface area (Å²) in [6.45, 7) is 8.23. The van der Waals surface area contributed by atoms with Crippen molar-refractivity contribution in [1.29, 1.82) is 0 Å². The second kappa shape index (κ2) is 8.55. The van der Waals surface area contributed by atoms with Crippen molar-refractivity contribution in [1.82, 2.24) is 4.90 Å². The van der Waals surface area contributed by atoms with Gasteiger partial charge in [-0.15, -0.1) is 0 Å². The Morgan fingerprint density at radius 1 is 1.28 bits per heavy atom. The zero-order valence-electron chi connectivity index (χ0n) is 12.4. The number of ether oxygens (including phenoxy) is 1. The minimum atomic E-state index is 0.454. The molecule has 0 aromatic heterocycles. The summed E-state index contributed by atoms with van der Waals surface area (Å²) < 4.78 is 5.54. The first-order valence-corrected chi connectivity index (χ1v) is 8.63. The molecule has 1 fully saturated rings. The van der Waals surface area contributed by atoms with Crippen LogP contribution in [0.3, 0.4) is 0 Å². The van der Waals surface area contributed by atoms with Crippen LogP contribution in [-0.2, 0) is 4.74 Å². The molecule has 0 aromatic carbocycles. The molecule has 0 bridgehead atoms. The zero-order chi connectivity index (χ0) is 13.4. The van der Waals surface area contributed by atoms with Crippen molar-refractivity contribution in [3.8, 4) is 0 Å². The Morgan fingerprint density at radius 3 is 2.44 bits per heavy atom. The topological polar surface area (TPSA) is 12.5 Å². The van der Waals surface area contributed by atoms with Crippen LogP contribution >= 0.6 is 15.9 Å². The number of rotatable bonds is 8. The van der Waals surface area contributed by atoms with E-state index < -0.39 is 0 Å². The fraction of sp³-hybridized carbons (Fsp3) is 1.00. The fourth-order valence-corrected chi connectivity index (χ4v) is 4.08. The van der Waals surface area contributed by atoms with Crippen LogP contribution in [0.25, 0.3) is 0 Å². The van der Waals surface area contributed by atoms with Gasteiger partial charge in [-0.05, 0) is 37.6 Å². The maximum Gasteiger partial charge on any atom is 0.0698 e. The Hall–Kier alpha value is 0.400. The van der Waals surface area contributed by atoms with E-state index in [0.29, 0.717) is 11.5 Å². The quantitative estimate of drug-likeness (QED) is 0.625. The van der Waals surface area contributed by atoms with E-state index in [2.05, 4.69) is 34.7 Å². The summed E-state index contributed by atoms with van der Waals surface area (Å²) in [6, 6.07) is 0. The van der Waals surface area contributed by atoms with E-state index in [-0.39, 0.29) is 0 Å². The molecule has 0 aliphatic carbocycles. The fourth-order valence-electron chi connectivity index (χ4n) is 3.34. The monoisotopic (exact) mass is 319 g/mol. The van der Waals surface area contributed by atoms with Gasteiger partial charge in [0.25, 0.3) is 0 Å². The first kappa shape index (κ1) is 16.5. The first-order chi connectivity index (χ1) is 8.69. The molecule has 1 unspecified atom stereocenters. The Kier molecular flexibility index (Phi) is 7.81. The molecule has 1 saturated heterocycles. The highest BCUT2D eigenvalue weighted by atomic mass is 79.9. The summed E-state index contributed by atoms with van der Waals surface area (Å²) in [5.41, 5.74) is 0.471. The maximum atomic E-state index is 5.54. The summed E-state index contributed by atoms with van der Waals surface area (Å²) in [6.07, 6.45) is 8.21. The van der Waals surface area contributed by atoms with Gasteiger partial charge < -0.3 is 9.64 Å². The second-order valence-corrected chi connectivity index (χ2v) is 6.43. The van der Waals surface area contributed by atoms with Crippen LogP contribution in [0, 0.1) is 5.41 Å². The highest BCUT2D eigenvalue weighted by Crippen LogP contribution is 2.34. The Morgan fingerprint density at radius 2 is 1.94 bits per heavy atom. The number of halogens is 1. The SMILES string of the molecule is CCCC(CBr)(CCC)CN1CCCC(OC)C1. The molecule has 0 amide bonds. The Bertz CT molecular complexity index is 217. The molecule has 108 valence electrons. The molecule has 0 spiro atoms. The molecule has 0 radical (unpaired) electrons. The van der Waals surface area contributed by atoms with E-state index in [0.717, 1.165) is 11.9 Å². The third-order valence-electron chi connectivity index (χ3n) is 4.20. The van der Waals surface area contributed by atoms with Crippen LogP contribution < -0.4 is 0 Å². The lowest BCUT2D eigenvalue weighted by Crippen LogP contribution is -2.46. The number of nitrogens with zero attached hydrogens (tertiary/aromatic N) is 1. The van der Waals surface area contributed by atoms with Crippen LogP contribution in [0.2, 0.25) is 0 Å². The third-order valence-corrected chi connectivity index (χ3v) is 5.39. The number of methoxy groups -OCH3 is 1. The molecule has 0 aromatic rings. The predicted molar refractivity (Wildman–Crippen MR) is 82.5 cm³/mol. The lowest BCUT2D eigenvalue weighted by molar-refractivity contribution is 0.0144. The van der Waals surface area contributed by atoms with Gasteiger partial charge in [0.15, 0.2) is 0 Å². The molecular formula is C15H30BrNO. The summed E-state index contributed by atoms with van der Waals surface area (Å²) in [5, 5.41) is 1.13. The lowest BCUT2D eigenvalue weighted by atomic mass is 9.80. The van der Waals surface area contributed by atoms with E-state index >= 15 is 0 Å². The van der Waals surface area contributed by atoms with Crippen molar-refractivity contribution >= 4 is 15.9 Å². The van der Waals surface area contributed by atoms with Crippen molar-refractivity contribution < 1.29 is 4.74 Å². The lowest BCUT2D eigenvalue weighted by Gasteiger charge is -2.40. The molecule has 1 rings (SSSR count). The predicted octanol–water partition coefficient (Wildman–Crippen LogP) is 4.08. The van der Waals surface area contributed by atoms with E-state index in [1.165, 1.54) is 51.6 Å². The van der Waals surface area contributed by atoms with E-state index in [1.807, 2.05) is 7.11 Å². The first-order valence-electron chi connectivity index (χ1n) is 7.50.